The van der Waals surface area contributed by atoms with Gasteiger partial charge in [-0.25, -0.2) is 8.42 Å². The van der Waals surface area contributed by atoms with Gasteiger partial charge in [0.25, 0.3) is 0 Å². The number of hydrogen-bond acceptors (Lipinski definition) is 5. The van der Waals surface area contributed by atoms with Gasteiger partial charge < -0.3 is 10.5 Å². The van der Waals surface area contributed by atoms with Crippen LogP contribution in [-0.2, 0) is 9.84 Å². The minimum absolute atomic E-state index is 0.0601. The molecular formula is C26H26Cl2N2O3S. The lowest BCUT2D eigenvalue weighted by atomic mass is 9.94. The third-order valence-electron chi connectivity index (χ3n) is 5.38. The highest BCUT2D eigenvalue weighted by molar-refractivity contribution is 7.90. The van der Waals surface area contributed by atoms with Crippen molar-refractivity contribution in [1.29, 1.82) is 5.41 Å². The summed E-state index contributed by atoms with van der Waals surface area (Å²) in [6.45, 7) is 4.99. The van der Waals surface area contributed by atoms with Crippen molar-refractivity contribution in [3.8, 4) is 11.1 Å². The first-order chi connectivity index (χ1) is 15.8. The summed E-state index contributed by atoms with van der Waals surface area (Å²) in [6.07, 6.45) is 1.24. The Morgan fingerprint density at radius 2 is 1.59 bits per heavy atom. The highest BCUT2D eigenvalue weighted by Crippen LogP contribution is 2.32. The number of halogens is 2. The number of hydrogen-bond donors (Lipinski definition) is 2. The summed E-state index contributed by atoms with van der Waals surface area (Å²) >= 11 is 12.9. The molecule has 3 aromatic carbocycles. The molecule has 3 aromatic rings. The van der Waals surface area contributed by atoms with Gasteiger partial charge in [-0.2, -0.15) is 0 Å². The van der Waals surface area contributed by atoms with Crippen molar-refractivity contribution in [2.75, 3.05) is 6.26 Å². The zero-order valence-corrected chi connectivity index (χ0v) is 21.7. The molecule has 3 rings (SSSR count). The summed E-state index contributed by atoms with van der Waals surface area (Å²) in [6, 6.07) is 17.5. The average molecular weight is 517 g/mol. The molecule has 8 heteroatoms. The van der Waals surface area contributed by atoms with Crippen molar-refractivity contribution in [3.63, 3.8) is 0 Å². The SMILES string of the molecule is Cc1cc(-c2cccc(S(C)(=O)=O)c2)ccc1N=C(CC(=N)C(C)(C)O)c1c(Cl)cccc1Cl. The fourth-order valence-corrected chi connectivity index (χ4v) is 4.64. The molecular weight excluding hydrogens is 491 g/mol. The molecule has 0 fully saturated rings. The molecule has 0 spiro atoms. The van der Waals surface area contributed by atoms with Gasteiger partial charge in [-0.05, 0) is 73.9 Å². The van der Waals surface area contributed by atoms with Gasteiger partial charge in [0.2, 0.25) is 0 Å². The van der Waals surface area contributed by atoms with Crippen LogP contribution in [-0.4, -0.2) is 36.8 Å². The van der Waals surface area contributed by atoms with Gasteiger partial charge in [-0.1, -0.05) is 47.5 Å². The van der Waals surface area contributed by atoms with Crippen molar-refractivity contribution in [2.24, 2.45) is 4.99 Å². The molecule has 0 saturated carbocycles. The molecule has 0 aliphatic carbocycles. The highest BCUT2D eigenvalue weighted by Gasteiger charge is 2.24. The zero-order chi connectivity index (χ0) is 25.3. The topological polar surface area (TPSA) is 90.6 Å². The van der Waals surface area contributed by atoms with Crippen LogP contribution >= 0.6 is 23.2 Å². The summed E-state index contributed by atoms with van der Waals surface area (Å²) in [5.41, 5.74) is 2.87. The smallest absolute Gasteiger partial charge is 0.175 e. The Balaban J connectivity index is 2.09. The predicted octanol–water partition coefficient (Wildman–Crippen LogP) is 6.67. The second-order valence-corrected chi connectivity index (χ2v) is 11.5. The molecule has 0 bridgehead atoms. The molecule has 0 unspecified atom stereocenters. The number of sulfone groups is 1. The molecule has 0 heterocycles. The Morgan fingerprint density at radius 3 is 2.15 bits per heavy atom. The Labute approximate surface area is 210 Å². The second kappa shape index (κ2) is 10.0. The van der Waals surface area contributed by atoms with E-state index in [1.807, 2.05) is 31.2 Å². The fraction of sp³-hybridized carbons (Fsp3) is 0.231. The number of benzene rings is 3. The summed E-state index contributed by atoms with van der Waals surface area (Å²) in [4.78, 5) is 5.05. The van der Waals surface area contributed by atoms with Gasteiger partial charge in [-0.15, -0.1) is 0 Å². The number of nitrogens with one attached hydrogen (secondary N) is 1. The van der Waals surface area contributed by atoms with Crippen LogP contribution in [0, 0.1) is 12.3 Å². The molecule has 2 N–H and O–H groups in total. The van der Waals surface area contributed by atoms with Crippen LogP contribution in [0.4, 0.5) is 5.69 Å². The summed E-state index contributed by atoms with van der Waals surface area (Å²) in [5, 5.41) is 19.4. The first-order valence-electron chi connectivity index (χ1n) is 10.5. The molecule has 34 heavy (non-hydrogen) atoms. The predicted molar refractivity (Wildman–Crippen MR) is 141 cm³/mol. The van der Waals surface area contributed by atoms with E-state index in [0.717, 1.165) is 16.7 Å². The number of aliphatic imine (C=N–C) groups is 1. The fourth-order valence-electron chi connectivity index (χ4n) is 3.35. The Bertz CT molecular complexity index is 1370. The molecule has 0 radical (unpaired) electrons. The average Bonchev–Trinajstić information content (AvgIpc) is 2.73. The number of aliphatic hydroxyl groups is 1. The quantitative estimate of drug-likeness (QED) is 0.343. The molecule has 0 aliphatic heterocycles. The van der Waals surface area contributed by atoms with Crippen molar-refractivity contribution < 1.29 is 13.5 Å². The van der Waals surface area contributed by atoms with Gasteiger partial charge in [0.05, 0.1) is 31.9 Å². The lowest BCUT2D eigenvalue weighted by Crippen LogP contribution is -2.32. The van der Waals surface area contributed by atoms with E-state index in [1.54, 1.807) is 50.2 Å². The molecule has 0 aliphatic rings. The van der Waals surface area contributed by atoms with Crippen LogP contribution in [0.3, 0.4) is 0 Å². The molecule has 0 atom stereocenters. The Morgan fingerprint density at radius 1 is 1.00 bits per heavy atom. The number of rotatable bonds is 7. The standard InChI is InChI=1S/C26H26Cl2N2O3S/c1-16-13-18(17-7-5-8-19(14-17)34(4,32)33)11-12-22(16)30-23(15-24(29)26(2,3)31)25-20(27)9-6-10-21(25)28/h5-14,29,31H,15H2,1-4H3. The maximum Gasteiger partial charge on any atom is 0.175 e. The van der Waals surface area contributed by atoms with E-state index in [4.69, 9.17) is 33.6 Å². The minimum Gasteiger partial charge on any atom is -0.385 e. The van der Waals surface area contributed by atoms with E-state index in [0.29, 0.717) is 27.0 Å². The van der Waals surface area contributed by atoms with Crippen LogP contribution in [0.15, 0.2) is 70.6 Å². The lowest BCUT2D eigenvalue weighted by Gasteiger charge is -2.20. The summed E-state index contributed by atoms with van der Waals surface area (Å²) < 4.78 is 23.9. The molecule has 5 nitrogen and oxygen atoms in total. The Hall–Kier alpha value is -2.51. The van der Waals surface area contributed by atoms with E-state index in [2.05, 4.69) is 0 Å². The normalized spacial score (nSPS) is 12.6. The van der Waals surface area contributed by atoms with Crippen LogP contribution in [0.2, 0.25) is 10.0 Å². The number of aryl methyl sites for hydroxylation is 1. The zero-order valence-electron chi connectivity index (χ0n) is 19.4. The van der Waals surface area contributed by atoms with Crippen LogP contribution < -0.4 is 0 Å². The monoisotopic (exact) mass is 516 g/mol. The van der Waals surface area contributed by atoms with Crippen molar-refractivity contribution in [2.45, 2.75) is 37.7 Å². The van der Waals surface area contributed by atoms with E-state index in [-0.39, 0.29) is 17.0 Å². The molecule has 0 amide bonds. The van der Waals surface area contributed by atoms with Crippen molar-refractivity contribution in [3.05, 3.63) is 81.8 Å². The van der Waals surface area contributed by atoms with Gasteiger partial charge in [-0.3, -0.25) is 4.99 Å². The highest BCUT2D eigenvalue weighted by atomic mass is 35.5. The van der Waals surface area contributed by atoms with E-state index < -0.39 is 15.4 Å². The summed E-state index contributed by atoms with van der Waals surface area (Å²) in [5.74, 6) is 0. The first kappa shape index (κ1) is 26.1. The van der Waals surface area contributed by atoms with Gasteiger partial charge in [0.15, 0.2) is 9.84 Å². The third-order valence-corrected chi connectivity index (χ3v) is 7.12. The first-order valence-corrected chi connectivity index (χ1v) is 13.2. The lowest BCUT2D eigenvalue weighted by molar-refractivity contribution is 0.151. The van der Waals surface area contributed by atoms with Crippen LogP contribution in [0.5, 0.6) is 0 Å². The van der Waals surface area contributed by atoms with Gasteiger partial charge in [0, 0.05) is 24.0 Å². The third kappa shape index (κ3) is 6.13. The molecule has 0 saturated heterocycles. The number of nitrogens with zero attached hydrogens (tertiary/aromatic N) is 1. The van der Waals surface area contributed by atoms with E-state index >= 15 is 0 Å². The molecule has 0 aromatic heterocycles. The van der Waals surface area contributed by atoms with Gasteiger partial charge in [0.1, 0.15) is 0 Å². The van der Waals surface area contributed by atoms with Crippen molar-refractivity contribution >= 4 is 50.1 Å². The van der Waals surface area contributed by atoms with Crippen molar-refractivity contribution in [1.82, 2.24) is 0 Å². The van der Waals surface area contributed by atoms with E-state index in [1.165, 1.54) is 6.26 Å². The molecule has 178 valence electrons. The van der Waals surface area contributed by atoms with Gasteiger partial charge >= 0.3 is 0 Å². The second-order valence-electron chi connectivity index (χ2n) is 8.67. The largest absolute Gasteiger partial charge is 0.385 e. The maximum atomic E-state index is 11.9. The Kier molecular flexibility index (Phi) is 7.68. The van der Waals surface area contributed by atoms with Crippen LogP contribution in [0.25, 0.3) is 11.1 Å². The summed E-state index contributed by atoms with van der Waals surface area (Å²) in [7, 11) is -3.32. The van der Waals surface area contributed by atoms with Crippen LogP contribution in [0.1, 0.15) is 31.4 Å². The minimum atomic E-state index is -3.32. The maximum absolute atomic E-state index is 11.9. The van der Waals surface area contributed by atoms with E-state index in [9.17, 15) is 13.5 Å².